The highest BCUT2D eigenvalue weighted by Crippen LogP contribution is 2.39. The number of benzene rings is 2. The van der Waals surface area contributed by atoms with Crippen LogP contribution in [0.2, 0.25) is 5.02 Å². The fourth-order valence-corrected chi connectivity index (χ4v) is 3.58. The lowest BCUT2D eigenvalue weighted by Gasteiger charge is -2.15. The highest BCUT2D eigenvalue weighted by Gasteiger charge is 2.37. The zero-order valence-corrected chi connectivity index (χ0v) is 16.1. The van der Waals surface area contributed by atoms with Crippen LogP contribution in [-0.2, 0) is 9.59 Å². The Labute approximate surface area is 169 Å². The average molecular weight is 420 g/mol. The van der Waals surface area contributed by atoms with Gasteiger partial charge in [-0.25, -0.2) is 9.69 Å². The monoisotopic (exact) mass is 419 g/mol. The summed E-state index contributed by atoms with van der Waals surface area (Å²) < 4.78 is 10.3. The Bertz CT molecular complexity index is 990. The topological polar surface area (TPSA) is 93.1 Å². The second-order valence-electron chi connectivity index (χ2n) is 5.56. The Balaban J connectivity index is 1.86. The molecule has 1 heterocycles. The lowest BCUT2D eigenvalue weighted by atomic mass is 10.2. The van der Waals surface area contributed by atoms with Gasteiger partial charge in [-0.15, -0.1) is 0 Å². The molecule has 0 spiro atoms. The van der Waals surface area contributed by atoms with Crippen LogP contribution in [-0.4, -0.2) is 35.9 Å². The van der Waals surface area contributed by atoms with Crippen LogP contribution in [0.15, 0.2) is 47.4 Å². The maximum absolute atomic E-state index is 12.8. The van der Waals surface area contributed by atoms with Gasteiger partial charge in [0, 0.05) is 0 Å². The van der Waals surface area contributed by atoms with Gasteiger partial charge in [0.05, 0.1) is 22.7 Å². The molecule has 0 bridgehead atoms. The second kappa shape index (κ2) is 8.37. The SMILES string of the molecule is COc1ccccc1N1C(=O)SC(=Cc2ccc(OCC(=O)O)c(Cl)c2)C1=O. The Morgan fingerprint density at radius 1 is 1.21 bits per heavy atom. The number of carboxylic acids is 1. The van der Waals surface area contributed by atoms with Crippen LogP contribution in [0, 0.1) is 0 Å². The van der Waals surface area contributed by atoms with Gasteiger partial charge in [0.2, 0.25) is 0 Å². The van der Waals surface area contributed by atoms with Crippen molar-refractivity contribution in [1.82, 2.24) is 0 Å². The highest BCUT2D eigenvalue weighted by atomic mass is 35.5. The molecule has 2 aromatic carbocycles. The number of methoxy groups -OCH3 is 1. The van der Waals surface area contributed by atoms with Gasteiger partial charge in [-0.1, -0.05) is 29.8 Å². The van der Waals surface area contributed by atoms with Crippen molar-refractivity contribution in [3.63, 3.8) is 0 Å². The van der Waals surface area contributed by atoms with Crippen molar-refractivity contribution in [3.8, 4) is 11.5 Å². The predicted octanol–water partition coefficient (Wildman–Crippen LogP) is 4.05. The molecule has 28 heavy (non-hydrogen) atoms. The number of nitrogens with zero attached hydrogens (tertiary/aromatic N) is 1. The van der Waals surface area contributed by atoms with E-state index in [0.717, 1.165) is 16.7 Å². The molecule has 3 rings (SSSR count). The van der Waals surface area contributed by atoms with E-state index in [1.54, 1.807) is 30.3 Å². The number of hydrogen-bond donors (Lipinski definition) is 1. The third kappa shape index (κ3) is 4.13. The van der Waals surface area contributed by atoms with Gasteiger partial charge in [0.25, 0.3) is 11.1 Å². The smallest absolute Gasteiger partial charge is 0.341 e. The fourth-order valence-electron chi connectivity index (χ4n) is 2.50. The van der Waals surface area contributed by atoms with Gasteiger partial charge in [-0.3, -0.25) is 9.59 Å². The van der Waals surface area contributed by atoms with E-state index in [1.165, 1.54) is 25.3 Å². The van der Waals surface area contributed by atoms with E-state index in [9.17, 15) is 14.4 Å². The van der Waals surface area contributed by atoms with Crippen molar-refractivity contribution in [2.75, 3.05) is 18.6 Å². The van der Waals surface area contributed by atoms with Crippen molar-refractivity contribution >= 4 is 52.2 Å². The largest absolute Gasteiger partial charge is 0.495 e. The molecule has 0 aromatic heterocycles. The molecule has 9 heteroatoms. The summed E-state index contributed by atoms with van der Waals surface area (Å²) in [6.07, 6.45) is 1.53. The molecule has 1 N–H and O–H groups in total. The number of hydrogen-bond acceptors (Lipinski definition) is 6. The molecule has 2 aromatic rings. The van der Waals surface area contributed by atoms with Gasteiger partial charge >= 0.3 is 5.97 Å². The third-order valence-electron chi connectivity index (χ3n) is 3.72. The zero-order valence-electron chi connectivity index (χ0n) is 14.5. The third-order valence-corrected chi connectivity index (χ3v) is 4.89. The molecular weight excluding hydrogens is 406 g/mol. The molecule has 0 aliphatic carbocycles. The second-order valence-corrected chi connectivity index (χ2v) is 6.96. The highest BCUT2D eigenvalue weighted by molar-refractivity contribution is 8.19. The minimum absolute atomic E-state index is 0.193. The van der Waals surface area contributed by atoms with Gasteiger partial charge in [-0.05, 0) is 47.7 Å². The molecule has 0 atom stereocenters. The van der Waals surface area contributed by atoms with Crippen LogP contribution in [0.1, 0.15) is 5.56 Å². The molecule has 0 unspecified atom stereocenters. The number of aliphatic carboxylic acids is 1. The van der Waals surface area contributed by atoms with Crippen LogP contribution in [0.5, 0.6) is 11.5 Å². The molecule has 1 saturated heterocycles. The van der Waals surface area contributed by atoms with Gasteiger partial charge < -0.3 is 14.6 Å². The van der Waals surface area contributed by atoms with E-state index in [2.05, 4.69) is 0 Å². The minimum atomic E-state index is -1.12. The number of carboxylic acid groups (broad SMARTS) is 1. The number of amides is 2. The summed E-state index contributed by atoms with van der Waals surface area (Å²) in [6, 6.07) is 11.4. The number of carbonyl (C=O) groups excluding carboxylic acids is 2. The van der Waals surface area contributed by atoms with E-state index in [0.29, 0.717) is 17.0 Å². The quantitative estimate of drug-likeness (QED) is 0.706. The lowest BCUT2D eigenvalue weighted by Crippen LogP contribution is -2.28. The minimum Gasteiger partial charge on any atom is -0.495 e. The summed E-state index contributed by atoms with van der Waals surface area (Å²) >= 11 is 6.90. The molecule has 1 aliphatic rings. The van der Waals surface area contributed by atoms with Crippen LogP contribution >= 0.6 is 23.4 Å². The number of halogens is 1. The number of imide groups is 1. The maximum Gasteiger partial charge on any atom is 0.341 e. The van der Waals surface area contributed by atoms with Crippen LogP contribution in [0.4, 0.5) is 10.5 Å². The van der Waals surface area contributed by atoms with Crippen molar-refractivity contribution in [3.05, 3.63) is 58.0 Å². The van der Waals surface area contributed by atoms with Crippen molar-refractivity contribution in [2.45, 2.75) is 0 Å². The number of anilines is 1. The average Bonchev–Trinajstić information content (AvgIpc) is 2.94. The lowest BCUT2D eigenvalue weighted by molar-refractivity contribution is -0.139. The van der Waals surface area contributed by atoms with Crippen molar-refractivity contribution in [2.24, 2.45) is 0 Å². The number of para-hydroxylation sites is 2. The molecule has 1 aliphatic heterocycles. The van der Waals surface area contributed by atoms with Gasteiger partial charge in [0.15, 0.2) is 6.61 Å². The molecule has 0 saturated carbocycles. The fraction of sp³-hybridized carbons (Fsp3) is 0.105. The first kappa shape index (κ1) is 19.8. The first-order valence-corrected chi connectivity index (χ1v) is 9.15. The van der Waals surface area contributed by atoms with Crippen LogP contribution < -0.4 is 14.4 Å². The van der Waals surface area contributed by atoms with E-state index in [4.69, 9.17) is 26.2 Å². The van der Waals surface area contributed by atoms with Crippen LogP contribution in [0.3, 0.4) is 0 Å². The summed E-state index contributed by atoms with van der Waals surface area (Å²) in [5.41, 5.74) is 0.935. The molecular formula is C19H14ClNO6S. The number of carbonyl (C=O) groups is 3. The molecule has 0 radical (unpaired) electrons. The summed E-state index contributed by atoms with van der Waals surface area (Å²) in [5, 5.41) is 8.41. The summed E-state index contributed by atoms with van der Waals surface area (Å²) in [4.78, 5) is 37.0. The first-order valence-electron chi connectivity index (χ1n) is 7.96. The van der Waals surface area contributed by atoms with E-state index in [1.807, 2.05) is 0 Å². The van der Waals surface area contributed by atoms with Crippen LogP contribution in [0.25, 0.3) is 6.08 Å². The molecule has 2 amide bonds. The predicted molar refractivity (Wildman–Crippen MR) is 106 cm³/mol. The van der Waals surface area contributed by atoms with Crippen molar-refractivity contribution < 1.29 is 29.0 Å². The normalized spacial score (nSPS) is 15.2. The van der Waals surface area contributed by atoms with Gasteiger partial charge in [0.1, 0.15) is 11.5 Å². The Morgan fingerprint density at radius 2 is 1.96 bits per heavy atom. The molecule has 1 fully saturated rings. The summed E-state index contributed by atoms with van der Waals surface area (Å²) in [6.45, 7) is -0.517. The maximum atomic E-state index is 12.8. The number of rotatable bonds is 6. The molecule has 7 nitrogen and oxygen atoms in total. The van der Waals surface area contributed by atoms with E-state index < -0.39 is 23.7 Å². The van der Waals surface area contributed by atoms with Crippen molar-refractivity contribution in [1.29, 1.82) is 0 Å². The Hall–Kier alpha value is -2.97. The Morgan fingerprint density at radius 3 is 2.64 bits per heavy atom. The molecule has 144 valence electrons. The number of thioether (sulfide) groups is 1. The van der Waals surface area contributed by atoms with E-state index in [-0.39, 0.29) is 15.7 Å². The Kier molecular flexibility index (Phi) is 5.91. The standard InChI is InChI=1S/C19H14ClNO6S/c1-26-15-5-3-2-4-13(15)21-18(24)16(28-19(21)25)9-11-6-7-14(12(20)8-11)27-10-17(22)23/h2-9H,10H2,1H3,(H,22,23). The summed E-state index contributed by atoms with van der Waals surface area (Å²) in [5.74, 6) is -0.968. The van der Waals surface area contributed by atoms with Gasteiger partial charge in [-0.2, -0.15) is 0 Å². The number of ether oxygens (including phenoxy) is 2. The zero-order chi connectivity index (χ0) is 20.3. The van der Waals surface area contributed by atoms with E-state index >= 15 is 0 Å². The first-order chi connectivity index (χ1) is 13.4. The summed E-state index contributed by atoms with van der Waals surface area (Å²) in [7, 11) is 1.46.